The van der Waals surface area contributed by atoms with Crippen LogP contribution in [0.4, 0.5) is 0 Å². The van der Waals surface area contributed by atoms with Crippen LogP contribution in [-0.2, 0) is 0 Å². The zero-order chi connectivity index (χ0) is 18.7. The number of benzene rings is 2. The summed E-state index contributed by atoms with van der Waals surface area (Å²) in [4.78, 5) is 0. The summed E-state index contributed by atoms with van der Waals surface area (Å²) >= 11 is 13.9. The molecule has 136 valence electrons. The Hall–Kier alpha value is -0.830. The molecule has 0 nitrogen and oxygen atoms in total. The van der Waals surface area contributed by atoms with Crippen LogP contribution in [0.3, 0.4) is 0 Å². The first kappa shape index (κ1) is 19.9. The standard InChI is InChI=1S/C23H23Br2Cl/c1-3-19(15(2)24)16-12-17(20-8-4-6-10-22(20)25)14-18(13-16)21-9-5-7-11-23(21)26/h3-11,16-18H,2,12-14H2,1H3/b19-3+. The molecule has 1 saturated carbocycles. The molecule has 3 heteroatoms. The van der Waals surface area contributed by atoms with Gasteiger partial charge in [-0.25, -0.2) is 0 Å². The highest BCUT2D eigenvalue weighted by Gasteiger charge is 2.34. The maximum Gasteiger partial charge on any atom is 0.0440 e. The minimum Gasteiger partial charge on any atom is -0.0845 e. The summed E-state index contributed by atoms with van der Waals surface area (Å²) < 4.78 is 2.19. The van der Waals surface area contributed by atoms with E-state index in [2.05, 4.69) is 87.8 Å². The van der Waals surface area contributed by atoms with Crippen LogP contribution in [0.15, 0.2) is 75.7 Å². The summed E-state index contributed by atoms with van der Waals surface area (Å²) in [5, 5.41) is 0.878. The van der Waals surface area contributed by atoms with Gasteiger partial charge < -0.3 is 0 Å². The molecule has 0 radical (unpaired) electrons. The normalized spacial score (nSPS) is 23.7. The first-order valence-electron chi connectivity index (χ1n) is 9.01. The van der Waals surface area contributed by atoms with Crippen molar-refractivity contribution in [3.05, 3.63) is 91.9 Å². The number of halogens is 3. The summed E-state index contributed by atoms with van der Waals surface area (Å²) in [6, 6.07) is 16.9. The topological polar surface area (TPSA) is 0 Å². The lowest BCUT2D eigenvalue weighted by atomic mass is 9.68. The summed E-state index contributed by atoms with van der Waals surface area (Å²) in [6.45, 7) is 6.25. The number of hydrogen-bond acceptors (Lipinski definition) is 0. The Morgan fingerprint density at radius 1 is 1.00 bits per heavy atom. The summed E-state index contributed by atoms with van der Waals surface area (Å²) in [7, 11) is 0. The van der Waals surface area contributed by atoms with E-state index in [1.165, 1.54) is 21.2 Å². The van der Waals surface area contributed by atoms with Gasteiger partial charge in [0.1, 0.15) is 0 Å². The van der Waals surface area contributed by atoms with E-state index in [1.54, 1.807) is 0 Å². The average Bonchev–Trinajstić information content (AvgIpc) is 2.62. The van der Waals surface area contributed by atoms with Gasteiger partial charge in [0.25, 0.3) is 0 Å². The van der Waals surface area contributed by atoms with Gasteiger partial charge in [-0.15, -0.1) is 0 Å². The maximum atomic E-state index is 6.56. The molecule has 0 aromatic heterocycles. The quantitative estimate of drug-likeness (QED) is 0.373. The van der Waals surface area contributed by atoms with Crippen LogP contribution in [0.5, 0.6) is 0 Å². The van der Waals surface area contributed by atoms with Gasteiger partial charge in [-0.1, -0.05) is 92.5 Å². The van der Waals surface area contributed by atoms with E-state index in [9.17, 15) is 0 Å². The molecular weight excluding hydrogens is 472 g/mol. The van der Waals surface area contributed by atoms with E-state index >= 15 is 0 Å². The Labute approximate surface area is 178 Å². The lowest BCUT2D eigenvalue weighted by molar-refractivity contribution is 0.323. The smallest absolute Gasteiger partial charge is 0.0440 e. The molecule has 0 spiro atoms. The predicted molar refractivity (Wildman–Crippen MR) is 120 cm³/mol. The van der Waals surface area contributed by atoms with Gasteiger partial charge in [0.2, 0.25) is 0 Å². The van der Waals surface area contributed by atoms with Gasteiger partial charge in [-0.2, -0.15) is 0 Å². The van der Waals surface area contributed by atoms with Crippen LogP contribution in [0, 0.1) is 5.92 Å². The second-order valence-electron chi connectivity index (χ2n) is 6.99. The first-order valence-corrected chi connectivity index (χ1v) is 11.0. The van der Waals surface area contributed by atoms with Gasteiger partial charge in [-0.3, -0.25) is 0 Å². The van der Waals surface area contributed by atoms with Crippen molar-refractivity contribution in [3.63, 3.8) is 0 Å². The molecule has 1 aliphatic carbocycles. The van der Waals surface area contributed by atoms with Crippen LogP contribution >= 0.6 is 43.5 Å². The second-order valence-corrected chi connectivity index (χ2v) is 9.21. The van der Waals surface area contributed by atoms with E-state index < -0.39 is 0 Å². The zero-order valence-electron chi connectivity index (χ0n) is 14.9. The monoisotopic (exact) mass is 492 g/mol. The molecule has 0 saturated heterocycles. The summed E-state index contributed by atoms with van der Waals surface area (Å²) in [5.74, 6) is 1.41. The SMILES string of the molecule is C=C(Br)/C(=C\C)C1CC(c2ccccc2Cl)CC(c2ccccc2Br)C1. The fourth-order valence-electron chi connectivity index (χ4n) is 4.31. The van der Waals surface area contributed by atoms with E-state index in [4.69, 9.17) is 11.6 Å². The van der Waals surface area contributed by atoms with E-state index in [1.807, 2.05) is 12.1 Å². The minimum absolute atomic E-state index is 0.446. The van der Waals surface area contributed by atoms with Gasteiger partial charge in [0.05, 0.1) is 0 Å². The van der Waals surface area contributed by atoms with Crippen LogP contribution < -0.4 is 0 Å². The second kappa shape index (κ2) is 8.91. The van der Waals surface area contributed by atoms with E-state index in [0.29, 0.717) is 17.8 Å². The molecule has 0 aliphatic heterocycles. The Balaban J connectivity index is 2.00. The molecule has 0 heterocycles. The van der Waals surface area contributed by atoms with Crippen LogP contribution in [0.1, 0.15) is 49.1 Å². The number of hydrogen-bond donors (Lipinski definition) is 0. The summed E-state index contributed by atoms with van der Waals surface area (Å²) in [6.07, 6.45) is 5.56. The largest absolute Gasteiger partial charge is 0.0845 e. The Kier molecular flexibility index (Phi) is 6.82. The lowest BCUT2D eigenvalue weighted by Gasteiger charge is -2.37. The Morgan fingerprint density at radius 2 is 1.58 bits per heavy atom. The third-order valence-electron chi connectivity index (χ3n) is 5.46. The van der Waals surface area contributed by atoms with Crippen molar-refractivity contribution >= 4 is 43.5 Å². The molecule has 1 fully saturated rings. The molecular formula is C23H23Br2Cl. The van der Waals surface area contributed by atoms with Gasteiger partial charge in [-0.05, 0) is 72.8 Å². The number of rotatable bonds is 4. The molecule has 2 aromatic rings. The maximum absolute atomic E-state index is 6.56. The zero-order valence-corrected chi connectivity index (χ0v) is 18.8. The highest BCUT2D eigenvalue weighted by Crippen LogP contribution is 2.49. The van der Waals surface area contributed by atoms with Gasteiger partial charge >= 0.3 is 0 Å². The number of allylic oxidation sites excluding steroid dienone is 3. The summed E-state index contributed by atoms with van der Waals surface area (Å²) in [5.41, 5.74) is 3.98. The van der Waals surface area contributed by atoms with Crippen molar-refractivity contribution in [3.8, 4) is 0 Å². The molecule has 0 amide bonds. The third-order valence-corrected chi connectivity index (χ3v) is 6.99. The van der Waals surface area contributed by atoms with Crippen molar-refractivity contribution in [2.45, 2.75) is 38.0 Å². The van der Waals surface area contributed by atoms with Crippen LogP contribution in [0.2, 0.25) is 5.02 Å². The van der Waals surface area contributed by atoms with Crippen LogP contribution in [-0.4, -0.2) is 0 Å². The third kappa shape index (κ3) is 4.35. The minimum atomic E-state index is 0.446. The molecule has 2 aromatic carbocycles. The van der Waals surface area contributed by atoms with Crippen LogP contribution in [0.25, 0.3) is 0 Å². The molecule has 26 heavy (non-hydrogen) atoms. The molecule has 3 rings (SSSR count). The molecule has 0 bridgehead atoms. The fraction of sp³-hybridized carbons (Fsp3) is 0.304. The Bertz CT molecular complexity index is 771. The fourth-order valence-corrected chi connectivity index (χ4v) is 5.76. The molecule has 3 atom stereocenters. The van der Waals surface area contributed by atoms with Crippen molar-refractivity contribution in [1.29, 1.82) is 0 Å². The predicted octanol–water partition coefficient (Wildman–Crippen LogP) is 8.62. The highest BCUT2D eigenvalue weighted by atomic mass is 79.9. The van der Waals surface area contributed by atoms with E-state index in [0.717, 1.165) is 28.8 Å². The lowest BCUT2D eigenvalue weighted by Crippen LogP contribution is -2.22. The van der Waals surface area contributed by atoms with Crippen molar-refractivity contribution in [2.24, 2.45) is 5.92 Å². The van der Waals surface area contributed by atoms with Crippen molar-refractivity contribution in [1.82, 2.24) is 0 Å². The molecule has 3 unspecified atom stereocenters. The van der Waals surface area contributed by atoms with E-state index in [-0.39, 0.29) is 0 Å². The Morgan fingerprint density at radius 3 is 2.15 bits per heavy atom. The average molecular weight is 495 g/mol. The molecule has 0 N–H and O–H groups in total. The van der Waals surface area contributed by atoms with Gasteiger partial charge in [0, 0.05) is 14.0 Å². The van der Waals surface area contributed by atoms with Gasteiger partial charge in [0.15, 0.2) is 0 Å². The highest BCUT2D eigenvalue weighted by molar-refractivity contribution is 9.12. The first-order chi connectivity index (χ1) is 12.5. The van der Waals surface area contributed by atoms with Crippen molar-refractivity contribution < 1.29 is 0 Å². The molecule has 1 aliphatic rings. The van der Waals surface area contributed by atoms with Crippen molar-refractivity contribution in [2.75, 3.05) is 0 Å².